The highest BCUT2D eigenvalue weighted by atomic mass is 32.2. The van der Waals surface area contributed by atoms with Crippen LogP contribution in [0.3, 0.4) is 0 Å². The molecule has 0 aromatic rings. The molecule has 2 rings (SSSR count). The minimum absolute atomic E-state index is 0.238. The first-order valence-corrected chi connectivity index (χ1v) is 8.83. The van der Waals surface area contributed by atoms with Crippen molar-refractivity contribution >= 4 is 23.7 Å². The summed E-state index contributed by atoms with van der Waals surface area (Å²) in [4.78, 5) is 25.0. The molecule has 1 unspecified atom stereocenters. The summed E-state index contributed by atoms with van der Waals surface area (Å²) in [5.74, 6) is 1.15. The van der Waals surface area contributed by atoms with Gasteiger partial charge in [0.2, 0.25) is 5.91 Å². The van der Waals surface area contributed by atoms with Crippen LogP contribution in [0.25, 0.3) is 0 Å². The maximum atomic E-state index is 12.3. The molecule has 0 bridgehead atoms. The fourth-order valence-electron chi connectivity index (χ4n) is 2.95. The molecule has 2 aliphatic heterocycles. The van der Waals surface area contributed by atoms with Crippen LogP contribution >= 0.6 is 11.8 Å². The van der Waals surface area contributed by atoms with E-state index in [1.165, 1.54) is 0 Å². The number of thioether (sulfide) groups is 1. The van der Waals surface area contributed by atoms with E-state index in [-0.39, 0.29) is 5.91 Å². The van der Waals surface area contributed by atoms with Gasteiger partial charge in [-0.05, 0) is 44.7 Å². The Morgan fingerprint density at radius 2 is 2.05 bits per heavy atom. The van der Waals surface area contributed by atoms with Gasteiger partial charge in [-0.1, -0.05) is 0 Å². The maximum Gasteiger partial charge on any atom is 0.312 e. The normalized spacial score (nSPS) is 23.8. The molecule has 0 spiro atoms. The Morgan fingerprint density at radius 3 is 2.76 bits per heavy atom. The predicted molar refractivity (Wildman–Crippen MR) is 85.2 cm³/mol. The molecule has 2 saturated heterocycles. The van der Waals surface area contributed by atoms with E-state index in [9.17, 15) is 9.59 Å². The van der Waals surface area contributed by atoms with Crippen molar-refractivity contribution < 1.29 is 9.59 Å². The van der Waals surface area contributed by atoms with E-state index in [1.807, 2.05) is 4.90 Å². The molecule has 0 aromatic carbocycles. The van der Waals surface area contributed by atoms with Crippen molar-refractivity contribution in [1.29, 1.82) is 0 Å². The summed E-state index contributed by atoms with van der Waals surface area (Å²) >= 11 is 1.80. The van der Waals surface area contributed by atoms with Gasteiger partial charge < -0.3 is 21.3 Å². The number of amides is 3. The van der Waals surface area contributed by atoms with Gasteiger partial charge in [0.15, 0.2) is 0 Å². The number of rotatable bonds is 5. The number of nitrogens with zero attached hydrogens (tertiary/aromatic N) is 1. The molecule has 3 amide bonds. The summed E-state index contributed by atoms with van der Waals surface area (Å²) in [5, 5.41) is 6.61. The van der Waals surface area contributed by atoms with Gasteiger partial charge in [-0.3, -0.25) is 4.79 Å². The first kappa shape index (κ1) is 16.4. The molecule has 0 aliphatic carbocycles. The van der Waals surface area contributed by atoms with E-state index in [4.69, 9.17) is 5.73 Å². The fraction of sp³-hybridized carbons (Fsp3) is 0.857. The van der Waals surface area contributed by atoms with Crippen molar-refractivity contribution in [3.05, 3.63) is 0 Å². The van der Waals surface area contributed by atoms with Crippen LogP contribution in [-0.4, -0.2) is 60.6 Å². The smallest absolute Gasteiger partial charge is 0.312 e. The van der Waals surface area contributed by atoms with Crippen molar-refractivity contribution in [3.8, 4) is 0 Å². The van der Waals surface area contributed by atoms with Crippen molar-refractivity contribution in [1.82, 2.24) is 15.5 Å². The second-order valence-corrected chi connectivity index (χ2v) is 7.14. The second-order valence-electron chi connectivity index (χ2n) is 5.85. The van der Waals surface area contributed by atoms with Crippen molar-refractivity contribution in [2.75, 3.05) is 38.5 Å². The summed E-state index contributed by atoms with van der Waals surface area (Å²) in [7, 11) is 0. The Bertz CT molecular complexity index is 361. The van der Waals surface area contributed by atoms with Crippen LogP contribution < -0.4 is 16.4 Å². The highest BCUT2D eigenvalue weighted by Gasteiger charge is 2.24. The summed E-state index contributed by atoms with van der Waals surface area (Å²) < 4.78 is 0. The molecule has 7 heteroatoms. The maximum absolute atomic E-state index is 12.3. The number of nitrogens with two attached hydrogens (primary N) is 1. The van der Waals surface area contributed by atoms with Gasteiger partial charge in [0, 0.05) is 24.9 Å². The van der Waals surface area contributed by atoms with E-state index in [0.717, 1.165) is 51.9 Å². The minimum Gasteiger partial charge on any atom is -0.352 e. The number of hydrogen-bond acceptors (Lipinski definition) is 4. The van der Waals surface area contributed by atoms with Crippen molar-refractivity contribution in [2.24, 2.45) is 11.7 Å². The van der Waals surface area contributed by atoms with Crippen LogP contribution in [-0.2, 0) is 4.79 Å². The first-order chi connectivity index (χ1) is 10.1. The number of primary amides is 1. The van der Waals surface area contributed by atoms with Crippen molar-refractivity contribution in [2.45, 2.75) is 30.9 Å². The van der Waals surface area contributed by atoms with Crippen LogP contribution in [0.5, 0.6) is 0 Å². The van der Waals surface area contributed by atoms with Gasteiger partial charge in [-0.15, -0.1) is 11.8 Å². The van der Waals surface area contributed by atoms with Gasteiger partial charge in [0.1, 0.15) is 0 Å². The molecule has 1 atom stereocenters. The zero-order valence-corrected chi connectivity index (χ0v) is 13.3. The van der Waals surface area contributed by atoms with E-state index in [2.05, 4.69) is 10.6 Å². The quantitative estimate of drug-likeness (QED) is 0.684. The Morgan fingerprint density at radius 1 is 1.29 bits per heavy atom. The van der Waals surface area contributed by atoms with Gasteiger partial charge in [-0.2, -0.15) is 0 Å². The Labute approximate surface area is 130 Å². The predicted octanol–water partition coefficient (Wildman–Crippen LogP) is 0.379. The summed E-state index contributed by atoms with van der Waals surface area (Å²) in [6, 6.07) is -0.486. The summed E-state index contributed by atoms with van der Waals surface area (Å²) in [6.07, 6.45) is 4.37. The number of hydrogen-bond donors (Lipinski definition) is 3. The Balaban J connectivity index is 1.69. The standard InChI is InChI=1S/C14H26N4O2S/c15-14(20)17-8-11-2-1-7-18(9-11)13(19)10-21-12-3-5-16-6-4-12/h11-12,16H,1-10H2,(H3,15,17,20). The lowest BCUT2D eigenvalue weighted by Crippen LogP contribution is -2.45. The van der Waals surface area contributed by atoms with Gasteiger partial charge in [-0.25, -0.2) is 4.79 Å². The number of urea groups is 1. The van der Waals surface area contributed by atoms with Gasteiger partial charge in [0.05, 0.1) is 5.75 Å². The molecular formula is C14H26N4O2S. The molecule has 0 aromatic heterocycles. The highest BCUT2D eigenvalue weighted by molar-refractivity contribution is 8.00. The molecule has 0 saturated carbocycles. The number of carbonyl (C=O) groups excluding carboxylic acids is 2. The lowest BCUT2D eigenvalue weighted by atomic mass is 9.98. The zero-order chi connectivity index (χ0) is 15.1. The molecule has 4 N–H and O–H groups in total. The minimum atomic E-state index is -0.486. The van der Waals surface area contributed by atoms with Crippen molar-refractivity contribution in [3.63, 3.8) is 0 Å². The lowest BCUT2D eigenvalue weighted by Gasteiger charge is -2.33. The molecule has 21 heavy (non-hydrogen) atoms. The number of piperidine rings is 2. The molecular weight excluding hydrogens is 288 g/mol. The Hall–Kier alpha value is -0.950. The van der Waals surface area contributed by atoms with Crippen LogP contribution in [0.15, 0.2) is 0 Å². The summed E-state index contributed by atoms with van der Waals surface area (Å²) in [5.41, 5.74) is 5.10. The van der Waals surface area contributed by atoms with E-state index < -0.39 is 6.03 Å². The summed E-state index contributed by atoms with van der Waals surface area (Å²) in [6.45, 7) is 4.29. The van der Waals surface area contributed by atoms with Crippen LogP contribution in [0, 0.1) is 5.92 Å². The molecule has 0 radical (unpaired) electrons. The molecule has 2 fully saturated rings. The molecule has 6 nitrogen and oxygen atoms in total. The third-order valence-electron chi connectivity index (χ3n) is 4.17. The second kappa shape index (κ2) is 8.48. The highest BCUT2D eigenvalue weighted by Crippen LogP contribution is 2.22. The third-order valence-corrected chi connectivity index (χ3v) is 5.52. The van der Waals surface area contributed by atoms with Gasteiger partial charge in [0.25, 0.3) is 0 Å². The molecule has 2 heterocycles. The average molecular weight is 314 g/mol. The monoisotopic (exact) mass is 314 g/mol. The molecule has 2 aliphatic rings. The SMILES string of the molecule is NC(=O)NCC1CCCN(C(=O)CSC2CCNCC2)C1. The lowest BCUT2D eigenvalue weighted by molar-refractivity contribution is -0.130. The van der Waals surface area contributed by atoms with Crippen LogP contribution in [0.4, 0.5) is 4.79 Å². The third kappa shape index (κ3) is 5.74. The van der Waals surface area contributed by atoms with Crippen LogP contribution in [0.2, 0.25) is 0 Å². The van der Waals surface area contributed by atoms with E-state index in [0.29, 0.717) is 23.5 Å². The Kier molecular flexibility index (Phi) is 6.63. The largest absolute Gasteiger partial charge is 0.352 e. The molecule has 120 valence electrons. The first-order valence-electron chi connectivity index (χ1n) is 7.78. The number of likely N-dealkylation sites (tertiary alicyclic amines) is 1. The topological polar surface area (TPSA) is 87.5 Å². The average Bonchev–Trinajstić information content (AvgIpc) is 2.52. The van der Waals surface area contributed by atoms with Crippen LogP contribution in [0.1, 0.15) is 25.7 Å². The number of carbonyl (C=O) groups is 2. The fourth-order valence-corrected chi connectivity index (χ4v) is 4.08. The number of nitrogens with one attached hydrogen (secondary N) is 2. The zero-order valence-electron chi connectivity index (χ0n) is 12.5. The van der Waals surface area contributed by atoms with Gasteiger partial charge >= 0.3 is 6.03 Å². The van der Waals surface area contributed by atoms with E-state index in [1.54, 1.807) is 11.8 Å². The van der Waals surface area contributed by atoms with E-state index >= 15 is 0 Å².